The van der Waals surface area contributed by atoms with Crippen LogP contribution in [0.5, 0.6) is 17.2 Å². The Morgan fingerprint density at radius 1 is 1.00 bits per heavy atom. The highest BCUT2D eigenvalue weighted by Gasteiger charge is 2.13. The number of ether oxygens (including phenoxy) is 4. The smallest absolute Gasteiger partial charge is 0.231 e. The van der Waals surface area contributed by atoms with E-state index in [2.05, 4.69) is 32.7 Å². The number of guanidine groups is 1. The predicted octanol–water partition coefficient (Wildman–Crippen LogP) is 2.61. The molecule has 32 heavy (non-hydrogen) atoms. The zero-order valence-corrected chi connectivity index (χ0v) is 20.7. The first kappa shape index (κ1) is 24.4. The summed E-state index contributed by atoms with van der Waals surface area (Å²) in [6.45, 7) is 6.75. The molecule has 0 spiro atoms. The topological polar surface area (TPSA) is 76.6 Å². The maximum absolute atomic E-state index is 5.95. The predicted molar refractivity (Wildman–Crippen MR) is 134 cm³/mol. The highest BCUT2D eigenvalue weighted by molar-refractivity contribution is 14.0. The number of morpholine rings is 1. The molecule has 0 unspecified atom stereocenters. The number of halogens is 1. The first-order valence-electron chi connectivity index (χ1n) is 10.6. The van der Waals surface area contributed by atoms with Crippen LogP contribution in [0.25, 0.3) is 0 Å². The SMILES string of the molecule is CN=C(NCc1cccc(OCCN2CCOCC2)c1)NCc1ccc2c(c1)OCO2.I. The zero-order chi connectivity index (χ0) is 21.3. The summed E-state index contributed by atoms with van der Waals surface area (Å²) in [5, 5.41) is 6.68. The van der Waals surface area contributed by atoms with E-state index in [0.29, 0.717) is 19.7 Å². The average molecular weight is 554 g/mol. The number of fused-ring (bicyclic) bond motifs is 1. The van der Waals surface area contributed by atoms with E-state index >= 15 is 0 Å². The Hall–Kier alpha value is -2.24. The van der Waals surface area contributed by atoms with Gasteiger partial charge in [-0.05, 0) is 35.4 Å². The van der Waals surface area contributed by atoms with Crippen LogP contribution in [0.4, 0.5) is 0 Å². The fourth-order valence-electron chi connectivity index (χ4n) is 3.51. The van der Waals surface area contributed by atoms with Gasteiger partial charge in [-0.1, -0.05) is 18.2 Å². The second kappa shape index (κ2) is 12.7. The zero-order valence-electron chi connectivity index (χ0n) is 18.3. The van der Waals surface area contributed by atoms with Gasteiger partial charge in [0, 0.05) is 39.8 Å². The molecule has 8 nitrogen and oxygen atoms in total. The minimum Gasteiger partial charge on any atom is -0.492 e. The molecule has 0 radical (unpaired) electrons. The van der Waals surface area contributed by atoms with Crippen molar-refractivity contribution in [3.63, 3.8) is 0 Å². The van der Waals surface area contributed by atoms with Crippen molar-refractivity contribution in [3.05, 3.63) is 53.6 Å². The molecule has 0 aromatic heterocycles. The van der Waals surface area contributed by atoms with E-state index in [1.807, 2.05) is 30.3 Å². The van der Waals surface area contributed by atoms with Crippen LogP contribution in [0.1, 0.15) is 11.1 Å². The van der Waals surface area contributed by atoms with E-state index in [1.165, 1.54) is 0 Å². The van der Waals surface area contributed by atoms with Gasteiger partial charge in [-0.3, -0.25) is 9.89 Å². The normalized spacial score (nSPS) is 15.7. The van der Waals surface area contributed by atoms with Gasteiger partial charge in [0.25, 0.3) is 0 Å². The summed E-state index contributed by atoms with van der Waals surface area (Å²) in [6, 6.07) is 14.1. The summed E-state index contributed by atoms with van der Waals surface area (Å²) in [5.74, 6) is 3.19. The molecule has 1 saturated heterocycles. The lowest BCUT2D eigenvalue weighted by atomic mass is 10.2. The van der Waals surface area contributed by atoms with Gasteiger partial charge in [0.1, 0.15) is 12.4 Å². The summed E-state index contributed by atoms with van der Waals surface area (Å²) in [5.41, 5.74) is 2.23. The van der Waals surface area contributed by atoms with Gasteiger partial charge in [0.2, 0.25) is 6.79 Å². The van der Waals surface area contributed by atoms with Crippen LogP contribution in [-0.2, 0) is 17.8 Å². The molecule has 2 heterocycles. The summed E-state index contributed by atoms with van der Waals surface area (Å²) in [4.78, 5) is 6.67. The molecule has 2 aromatic rings. The molecule has 0 aliphatic carbocycles. The number of hydrogen-bond acceptors (Lipinski definition) is 6. The molecular weight excluding hydrogens is 523 g/mol. The van der Waals surface area contributed by atoms with E-state index in [0.717, 1.165) is 67.2 Å². The van der Waals surface area contributed by atoms with Crippen molar-refractivity contribution in [1.82, 2.24) is 15.5 Å². The number of nitrogens with zero attached hydrogens (tertiary/aromatic N) is 2. The lowest BCUT2D eigenvalue weighted by molar-refractivity contribution is 0.0322. The van der Waals surface area contributed by atoms with Gasteiger partial charge in [-0.25, -0.2) is 0 Å². The van der Waals surface area contributed by atoms with Gasteiger partial charge < -0.3 is 29.6 Å². The number of benzene rings is 2. The first-order valence-corrected chi connectivity index (χ1v) is 10.6. The van der Waals surface area contributed by atoms with Crippen molar-refractivity contribution in [2.75, 3.05) is 53.3 Å². The monoisotopic (exact) mass is 554 g/mol. The van der Waals surface area contributed by atoms with Crippen LogP contribution >= 0.6 is 24.0 Å². The fourth-order valence-corrected chi connectivity index (χ4v) is 3.51. The largest absolute Gasteiger partial charge is 0.492 e. The van der Waals surface area contributed by atoms with E-state index in [9.17, 15) is 0 Å². The molecule has 174 valence electrons. The summed E-state index contributed by atoms with van der Waals surface area (Å²) >= 11 is 0. The lowest BCUT2D eigenvalue weighted by Crippen LogP contribution is -2.38. The Balaban J connectivity index is 0.00000289. The highest BCUT2D eigenvalue weighted by Crippen LogP contribution is 2.32. The molecule has 1 fully saturated rings. The molecular formula is C23H31IN4O4. The molecule has 4 rings (SSSR count). The third-order valence-electron chi connectivity index (χ3n) is 5.26. The maximum Gasteiger partial charge on any atom is 0.231 e. The standard InChI is InChI=1S/C23H30N4O4.HI/c1-24-23(26-16-19-5-6-21-22(14-19)31-17-30-21)25-15-18-3-2-4-20(13-18)29-12-9-27-7-10-28-11-8-27;/h2-6,13-14H,7-12,15-17H2,1H3,(H2,24,25,26);1H. The Labute approximate surface area is 206 Å². The van der Waals surface area contributed by atoms with Crippen LogP contribution in [0.2, 0.25) is 0 Å². The molecule has 2 aromatic carbocycles. The fraction of sp³-hybridized carbons (Fsp3) is 0.435. The minimum absolute atomic E-state index is 0. The lowest BCUT2D eigenvalue weighted by Gasteiger charge is -2.26. The van der Waals surface area contributed by atoms with Gasteiger partial charge >= 0.3 is 0 Å². The van der Waals surface area contributed by atoms with Crippen molar-refractivity contribution < 1.29 is 18.9 Å². The Morgan fingerprint density at radius 2 is 1.75 bits per heavy atom. The highest BCUT2D eigenvalue weighted by atomic mass is 127. The quantitative estimate of drug-likeness (QED) is 0.295. The van der Waals surface area contributed by atoms with E-state index in [-0.39, 0.29) is 30.8 Å². The van der Waals surface area contributed by atoms with E-state index in [1.54, 1.807) is 7.05 Å². The number of aliphatic imine (C=N–C) groups is 1. The molecule has 2 aliphatic rings. The summed E-state index contributed by atoms with van der Waals surface area (Å²) < 4.78 is 22.1. The summed E-state index contributed by atoms with van der Waals surface area (Å²) in [6.07, 6.45) is 0. The van der Waals surface area contributed by atoms with Crippen LogP contribution in [0.15, 0.2) is 47.5 Å². The van der Waals surface area contributed by atoms with Crippen molar-refractivity contribution in [1.29, 1.82) is 0 Å². The van der Waals surface area contributed by atoms with Gasteiger partial charge in [0.15, 0.2) is 17.5 Å². The molecule has 0 atom stereocenters. The molecule has 9 heteroatoms. The molecule has 2 N–H and O–H groups in total. The van der Waals surface area contributed by atoms with Crippen LogP contribution in [-0.4, -0.2) is 64.2 Å². The second-order valence-electron chi connectivity index (χ2n) is 7.42. The Morgan fingerprint density at radius 3 is 2.53 bits per heavy atom. The maximum atomic E-state index is 5.95. The van der Waals surface area contributed by atoms with Crippen LogP contribution < -0.4 is 24.8 Å². The first-order chi connectivity index (χ1) is 15.3. The van der Waals surface area contributed by atoms with Crippen molar-refractivity contribution in [3.8, 4) is 17.2 Å². The second-order valence-corrected chi connectivity index (χ2v) is 7.42. The number of rotatable bonds is 8. The third-order valence-corrected chi connectivity index (χ3v) is 5.26. The average Bonchev–Trinajstić information content (AvgIpc) is 3.28. The Bertz CT molecular complexity index is 890. The van der Waals surface area contributed by atoms with Crippen molar-refractivity contribution in [2.24, 2.45) is 4.99 Å². The van der Waals surface area contributed by atoms with Crippen LogP contribution in [0, 0.1) is 0 Å². The molecule has 0 amide bonds. The number of hydrogen-bond donors (Lipinski definition) is 2. The van der Waals surface area contributed by atoms with Crippen LogP contribution in [0.3, 0.4) is 0 Å². The molecule has 0 saturated carbocycles. The van der Waals surface area contributed by atoms with Gasteiger partial charge in [-0.15, -0.1) is 24.0 Å². The Kier molecular flexibility index (Phi) is 9.69. The minimum atomic E-state index is 0. The third kappa shape index (κ3) is 7.14. The van der Waals surface area contributed by atoms with Gasteiger partial charge in [-0.2, -0.15) is 0 Å². The van der Waals surface area contributed by atoms with E-state index in [4.69, 9.17) is 18.9 Å². The number of nitrogens with one attached hydrogen (secondary N) is 2. The van der Waals surface area contributed by atoms with Crippen molar-refractivity contribution in [2.45, 2.75) is 13.1 Å². The van der Waals surface area contributed by atoms with Crippen molar-refractivity contribution >= 4 is 29.9 Å². The van der Waals surface area contributed by atoms with Gasteiger partial charge in [0.05, 0.1) is 13.2 Å². The summed E-state index contributed by atoms with van der Waals surface area (Å²) in [7, 11) is 1.76. The molecule has 2 aliphatic heterocycles. The van der Waals surface area contributed by atoms with E-state index < -0.39 is 0 Å². The molecule has 0 bridgehead atoms.